The molecule has 0 spiro atoms. The molecule has 1 amide bonds. The number of hydrogen-bond donors (Lipinski definition) is 2. The predicted octanol–water partition coefficient (Wildman–Crippen LogP) is 1.97. The first-order chi connectivity index (χ1) is 9.76. The van der Waals surface area contributed by atoms with Crippen molar-refractivity contribution >= 4 is 12.1 Å². The Morgan fingerprint density at radius 2 is 1.67 bits per heavy atom. The Morgan fingerprint density at radius 1 is 1.10 bits per heavy atom. The molecule has 0 radical (unpaired) electrons. The van der Waals surface area contributed by atoms with E-state index in [0.29, 0.717) is 19.2 Å². The molecule has 6 heteroatoms. The molecule has 0 heterocycles. The molecule has 0 aromatic rings. The van der Waals surface area contributed by atoms with E-state index >= 15 is 0 Å². The lowest BCUT2D eigenvalue weighted by Crippen LogP contribution is -2.44. The van der Waals surface area contributed by atoms with Crippen molar-refractivity contribution in [1.82, 2.24) is 10.6 Å². The summed E-state index contributed by atoms with van der Waals surface area (Å²) in [6.07, 6.45) is 3.53. The zero-order valence-corrected chi connectivity index (χ0v) is 13.5. The molecule has 1 saturated carbocycles. The van der Waals surface area contributed by atoms with Gasteiger partial charge in [0.25, 0.3) is 0 Å². The summed E-state index contributed by atoms with van der Waals surface area (Å²) >= 11 is 0. The number of rotatable bonds is 5. The quantitative estimate of drug-likeness (QED) is 0.599. The van der Waals surface area contributed by atoms with E-state index in [9.17, 15) is 9.59 Å². The van der Waals surface area contributed by atoms with Crippen molar-refractivity contribution in [3.63, 3.8) is 0 Å². The molecule has 1 rings (SSSR count). The van der Waals surface area contributed by atoms with Crippen molar-refractivity contribution < 1.29 is 19.1 Å². The number of nitrogens with one attached hydrogen (secondary N) is 2. The molecule has 2 N–H and O–H groups in total. The third-order valence-electron chi connectivity index (χ3n) is 3.29. The summed E-state index contributed by atoms with van der Waals surface area (Å²) in [5, 5.41) is 6.29. The maximum absolute atomic E-state index is 11.7. The topological polar surface area (TPSA) is 76.7 Å². The van der Waals surface area contributed by atoms with Gasteiger partial charge in [-0.3, -0.25) is 4.79 Å². The van der Waals surface area contributed by atoms with E-state index < -0.39 is 5.60 Å². The molecule has 1 aliphatic carbocycles. The molecule has 0 unspecified atom stereocenters. The lowest BCUT2D eigenvalue weighted by molar-refractivity contribution is -0.140. The Kier molecular flexibility index (Phi) is 6.95. The molecule has 0 aliphatic heterocycles. The number of ether oxygens (including phenoxy) is 2. The van der Waals surface area contributed by atoms with Crippen LogP contribution >= 0.6 is 0 Å². The summed E-state index contributed by atoms with van der Waals surface area (Å²) in [5.74, 6) is -0.248. The summed E-state index contributed by atoms with van der Waals surface area (Å²) in [5.41, 5.74) is -0.459. The van der Waals surface area contributed by atoms with Crippen LogP contribution in [0.25, 0.3) is 0 Å². The van der Waals surface area contributed by atoms with Crippen molar-refractivity contribution in [2.75, 3.05) is 13.2 Å². The monoisotopic (exact) mass is 300 g/mol. The molecule has 0 atom stereocenters. The molecule has 1 aliphatic rings. The maximum atomic E-state index is 11.7. The average Bonchev–Trinajstić information content (AvgIpc) is 2.34. The Morgan fingerprint density at radius 3 is 2.19 bits per heavy atom. The molecule has 0 bridgehead atoms. The van der Waals surface area contributed by atoms with Gasteiger partial charge < -0.3 is 20.1 Å². The molecular formula is C15H28N2O4. The highest BCUT2D eigenvalue weighted by Crippen LogP contribution is 2.19. The van der Waals surface area contributed by atoms with Gasteiger partial charge in [-0.1, -0.05) is 0 Å². The van der Waals surface area contributed by atoms with Crippen molar-refractivity contribution in [2.24, 2.45) is 0 Å². The van der Waals surface area contributed by atoms with Crippen LogP contribution in [-0.2, 0) is 14.3 Å². The van der Waals surface area contributed by atoms with Gasteiger partial charge in [0.2, 0.25) is 0 Å². The van der Waals surface area contributed by atoms with Gasteiger partial charge in [0.1, 0.15) is 12.2 Å². The van der Waals surface area contributed by atoms with E-state index in [2.05, 4.69) is 10.6 Å². The normalized spacial score (nSPS) is 22.5. The highest BCUT2D eigenvalue weighted by Gasteiger charge is 2.24. The zero-order chi connectivity index (χ0) is 15.9. The standard InChI is InChI=1S/C15H28N2O4/c1-11(18)20-10-9-16-12-5-7-13(8-6-12)17-14(19)21-15(2,3)4/h12-13,16H,5-10H2,1-4H3,(H,17,19)/t12-,13+. The summed E-state index contributed by atoms with van der Waals surface area (Å²) in [4.78, 5) is 22.3. The van der Waals surface area contributed by atoms with Crippen molar-refractivity contribution in [3.05, 3.63) is 0 Å². The van der Waals surface area contributed by atoms with E-state index in [1.54, 1.807) is 0 Å². The third-order valence-corrected chi connectivity index (χ3v) is 3.29. The molecule has 6 nitrogen and oxygen atoms in total. The first-order valence-corrected chi connectivity index (χ1v) is 7.62. The van der Waals surface area contributed by atoms with Gasteiger partial charge in [-0.2, -0.15) is 0 Å². The van der Waals surface area contributed by atoms with Gasteiger partial charge in [-0.25, -0.2) is 4.79 Å². The number of amides is 1. The second kappa shape index (κ2) is 8.22. The van der Waals surface area contributed by atoms with E-state index in [-0.39, 0.29) is 18.1 Å². The fourth-order valence-corrected chi connectivity index (χ4v) is 2.37. The summed E-state index contributed by atoms with van der Waals surface area (Å²) < 4.78 is 10.1. The smallest absolute Gasteiger partial charge is 0.407 e. The zero-order valence-electron chi connectivity index (χ0n) is 13.5. The maximum Gasteiger partial charge on any atom is 0.407 e. The fraction of sp³-hybridized carbons (Fsp3) is 0.867. The third kappa shape index (κ3) is 8.55. The molecular weight excluding hydrogens is 272 g/mol. The van der Waals surface area contributed by atoms with Gasteiger partial charge in [-0.05, 0) is 46.5 Å². The van der Waals surface area contributed by atoms with Crippen molar-refractivity contribution in [1.29, 1.82) is 0 Å². The number of alkyl carbamates (subject to hydrolysis) is 1. The van der Waals surface area contributed by atoms with Crippen LogP contribution in [0.1, 0.15) is 53.4 Å². The Labute approximate surface area is 126 Å². The van der Waals surface area contributed by atoms with Crippen LogP contribution in [0.5, 0.6) is 0 Å². The molecule has 21 heavy (non-hydrogen) atoms. The molecule has 122 valence electrons. The van der Waals surface area contributed by atoms with E-state index in [1.165, 1.54) is 6.92 Å². The molecule has 1 fully saturated rings. The SMILES string of the molecule is CC(=O)OCCN[C@H]1CC[C@@H](NC(=O)OC(C)(C)C)CC1. The highest BCUT2D eigenvalue weighted by molar-refractivity contribution is 5.68. The predicted molar refractivity (Wildman–Crippen MR) is 80.0 cm³/mol. The van der Waals surface area contributed by atoms with Crippen LogP contribution in [0.4, 0.5) is 4.79 Å². The minimum atomic E-state index is -0.459. The molecule has 0 aromatic carbocycles. The summed E-state index contributed by atoms with van der Waals surface area (Å²) in [6, 6.07) is 0.614. The number of hydrogen-bond acceptors (Lipinski definition) is 5. The van der Waals surface area contributed by atoms with Crippen LogP contribution in [0, 0.1) is 0 Å². The van der Waals surface area contributed by atoms with Gasteiger partial charge >= 0.3 is 12.1 Å². The largest absolute Gasteiger partial charge is 0.465 e. The number of esters is 1. The minimum Gasteiger partial charge on any atom is -0.465 e. The van der Waals surface area contributed by atoms with E-state index in [4.69, 9.17) is 9.47 Å². The fourth-order valence-electron chi connectivity index (χ4n) is 2.37. The lowest BCUT2D eigenvalue weighted by Gasteiger charge is -2.30. The Bertz CT molecular complexity index is 344. The summed E-state index contributed by atoms with van der Waals surface area (Å²) in [7, 11) is 0. The Hall–Kier alpha value is -1.30. The van der Waals surface area contributed by atoms with E-state index in [0.717, 1.165) is 25.7 Å². The van der Waals surface area contributed by atoms with Crippen molar-refractivity contribution in [3.8, 4) is 0 Å². The Balaban J connectivity index is 2.14. The molecule has 0 saturated heterocycles. The second-order valence-electron chi connectivity index (χ2n) is 6.49. The van der Waals surface area contributed by atoms with Crippen LogP contribution in [0.2, 0.25) is 0 Å². The number of carbonyl (C=O) groups excluding carboxylic acids is 2. The summed E-state index contributed by atoms with van der Waals surface area (Å²) in [6.45, 7) is 8.07. The second-order valence-corrected chi connectivity index (χ2v) is 6.49. The van der Waals surface area contributed by atoms with Crippen LogP contribution in [0.3, 0.4) is 0 Å². The minimum absolute atomic E-state index is 0.186. The van der Waals surface area contributed by atoms with Crippen LogP contribution in [0.15, 0.2) is 0 Å². The first-order valence-electron chi connectivity index (χ1n) is 7.62. The number of carbonyl (C=O) groups is 2. The average molecular weight is 300 g/mol. The van der Waals surface area contributed by atoms with Crippen LogP contribution in [-0.4, -0.2) is 42.9 Å². The molecule has 0 aromatic heterocycles. The first kappa shape index (κ1) is 17.8. The van der Waals surface area contributed by atoms with E-state index in [1.807, 2.05) is 20.8 Å². The van der Waals surface area contributed by atoms with Crippen LogP contribution < -0.4 is 10.6 Å². The van der Waals surface area contributed by atoms with Gasteiger partial charge in [0.15, 0.2) is 0 Å². The van der Waals surface area contributed by atoms with Gasteiger partial charge in [0.05, 0.1) is 0 Å². The van der Waals surface area contributed by atoms with Gasteiger partial charge in [0, 0.05) is 25.6 Å². The van der Waals surface area contributed by atoms with Crippen molar-refractivity contribution in [2.45, 2.75) is 71.1 Å². The lowest BCUT2D eigenvalue weighted by atomic mass is 9.91. The van der Waals surface area contributed by atoms with Gasteiger partial charge in [-0.15, -0.1) is 0 Å². The highest BCUT2D eigenvalue weighted by atomic mass is 16.6.